The molecule has 0 bridgehead atoms. The lowest BCUT2D eigenvalue weighted by Gasteiger charge is -2.45. The van der Waals surface area contributed by atoms with Crippen molar-refractivity contribution >= 4 is 0 Å². The molecule has 0 aromatic heterocycles. The van der Waals surface area contributed by atoms with E-state index in [9.17, 15) is 0 Å². The van der Waals surface area contributed by atoms with Crippen LogP contribution in [0.2, 0.25) is 0 Å². The second-order valence-electron chi connectivity index (χ2n) is 5.46. The first-order valence-electron chi connectivity index (χ1n) is 6.14. The summed E-state index contributed by atoms with van der Waals surface area (Å²) in [5, 5.41) is 0. The van der Waals surface area contributed by atoms with Gasteiger partial charge < -0.3 is 10.6 Å². The molecule has 82 valence electrons. The van der Waals surface area contributed by atoms with Crippen molar-refractivity contribution in [3.8, 4) is 0 Å². The van der Waals surface area contributed by atoms with E-state index in [-0.39, 0.29) is 0 Å². The maximum absolute atomic E-state index is 5.83. The summed E-state index contributed by atoms with van der Waals surface area (Å²) in [6.07, 6.45) is 8.11. The molecule has 2 saturated carbocycles. The quantitative estimate of drug-likeness (QED) is 0.732. The van der Waals surface area contributed by atoms with Gasteiger partial charge in [-0.25, -0.2) is 0 Å². The molecule has 0 unspecified atom stereocenters. The van der Waals surface area contributed by atoms with Crippen LogP contribution >= 0.6 is 0 Å². The van der Waals surface area contributed by atoms with Gasteiger partial charge in [0.1, 0.15) is 0 Å². The fraction of sp³-hybridized carbons (Fsp3) is 1.00. The molecule has 0 aromatic carbocycles. The topological polar surface area (TPSA) is 29.3 Å². The van der Waals surface area contributed by atoms with Crippen LogP contribution in [0.1, 0.15) is 45.4 Å². The first kappa shape index (κ1) is 10.4. The first-order chi connectivity index (χ1) is 6.66. The van der Waals surface area contributed by atoms with E-state index in [1.54, 1.807) is 0 Å². The van der Waals surface area contributed by atoms with E-state index in [0.717, 1.165) is 18.0 Å². The third-order valence-electron chi connectivity index (χ3n) is 4.29. The Morgan fingerprint density at radius 2 is 1.57 bits per heavy atom. The summed E-state index contributed by atoms with van der Waals surface area (Å²) in [6, 6.07) is 2.14. The monoisotopic (exact) mass is 196 g/mol. The molecule has 2 nitrogen and oxygen atoms in total. The predicted molar refractivity (Wildman–Crippen MR) is 60.2 cm³/mol. The highest BCUT2D eigenvalue weighted by molar-refractivity contribution is 4.91. The van der Waals surface area contributed by atoms with E-state index in [1.165, 1.54) is 38.5 Å². The Morgan fingerprint density at radius 3 is 2.07 bits per heavy atom. The molecule has 2 fully saturated rings. The van der Waals surface area contributed by atoms with Gasteiger partial charge >= 0.3 is 0 Å². The molecule has 0 saturated heterocycles. The minimum atomic E-state index is 0.491. The Bertz CT molecular complexity index is 179. The van der Waals surface area contributed by atoms with Crippen LogP contribution in [0.25, 0.3) is 0 Å². The number of nitrogens with zero attached hydrogens (tertiary/aromatic N) is 1. The lowest BCUT2D eigenvalue weighted by Crippen LogP contribution is -2.53. The molecular formula is C12H24N2. The Kier molecular flexibility index (Phi) is 3.13. The van der Waals surface area contributed by atoms with Gasteiger partial charge in [-0.1, -0.05) is 6.92 Å². The minimum Gasteiger partial charge on any atom is -0.328 e. The van der Waals surface area contributed by atoms with Crippen molar-refractivity contribution in [1.29, 1.82) is 0 Å². The molecule has 14 heavy (non-hydrogen) atoms. The van der Waals surface area contributed by atoms with E-state index in [0.29, 0.717) is 6.04 Å². The van der Waals surface area contributed by atoms with Crippen molar-refractivity contribution < 1.29 is 0 Å². The summed E-state index contributed by atoms with van der Waals surface area (Å²) in [6.45, 7) is 2.38. The van der Waals surface area contributed by atoms with E-state index >= 15 is 0 Å². The third kappa shape index (κ3) is 2.12. The van der Waals surface area contributed by atoms with Gasteiger partial charge in [-0.05, 0) is 51.5 Å². The Balaban J connectivity index is 1.77. The van der Waals surface area contributed by atoms with Crippen LogP contribution in [-0.4, -0.2) is 30.1 Å². The van der Waals surface area contributed by atoms with Crippen molar-refractivity contribution in [1.82, 2.24) is 4.90 Å². The van der Waals surface area contributed by atoms with Gasteiger partial charge in [0, 0.05) is 18.1 Å². The van der Waals surface area contributed by atoms with E-state index in [2.05, 4.69) is 18.9 Å². The van der Waals surface area contributed by atoms with E-state index < -0.39 is 0 Å². The standard InChI is InChI=1S/C12H24N2/c1-9-3-5-11(6-4-9)14(2)12-7-10(13)8-12/h9-12H,3-8,13H2,1-2H3. The normalized spacial score (nSPS) is 43.7. The highest BCUT2D eigenvalue weighted by atomic mass is 15.2. The van der Waals surface area contributed by atoms with Gasteiger partial charge in [0.25, 0.3) is 0 Å². The molecule has 2 N–H and O–H groups in total. The average molecular weight is 196 g/mol. The summed E-state index contributed by atoms with van der Waals surface area (Å²) in [7, 11) is 2.30. The van der Waals surface area contributed by atoms with Crippen LogP contribution in [-0.2, 0) is 0 Å². The summed E-state index contributed by atoms with van der Waals surface area (Å²) in [5.74, 6) is 0.961. The maximum Gasteiger partial charge on any atom is 0.0125 e. The van der Waals surface area contributed by atoms with Gasteiger partial charge in [0.05, 0.1) is 0 Å². The zero-order valence-electron chi connectivity index (χ0n) is 9.58. The van der Waals surface area contributed by atoms with Crippen molar-refractivity contribution in [3.05, 3.63) is 0 Å². The molecule has 0 aromatic rings. The second-order valence-corrected chi connectivity index (χ2v) is 5.46. The van der Waals surface area contributed by atoms with E-state index in [1.807, 2.05) is 0 Å². The van der Waals surface area contributed by atoms with E-state index in [4.69, 9.17) is 5.73 Å². The fourth-order valence-corrected chi connectivity index (χ4v) is 2.91. The lowest BCUT2D eigenvalue weighted by atomic mass is 9.82. The number of rotatable bonds is 2. The predicted octanol–water partition coefficient (Wildman–Crippen LogP) is 1.99. The molecule has 0 atom stereocenters. The molecule has 2 rings (SSSR count). The third-order valence-corrected chi connectivity index (χ3v) is 4.29. The maximum atomic E-state index is 5.83. The van der Waals surface area contributed by atoms with Crippen molar-refractivity contribution in [2.24, 2.45) is 11.7 Å². The van der Waals surface area contributed by atoms with Gasteiger partial charge in [0.2, 0.25) is 0 Å². The van der Waals surface area contributed by atoms with Crippen molar-refractivity contribution in [2.45, 2.75) is 63.6 Å². The SMILES string of the molecule is CC1CCC(N(C)C2CC(N)C2)CC1. The summed E-state index contributed by atoms with van der Waals surface area (Å²) >= 11 is 0. The molecule has 2 aliphatic carbocycles. The highest BCUT2D eigenvalue weighted by Crippen LogP contribution is 2.31. The van der Waals surface area contributed by atoms with Gasteiger partial charge in [0.15, 0.2) is 0 Å². The van der Waals surface area contributed by atoms with Gasteiger partial charge in [-0.15, -0.1) is 0 Å². The smallest absolute Gasteiger partial charge is 0.0125 e. The zero-order chi connectivity index (χ0) is 10.1. The molecule has 2 heteroatoms. The Hall–Kier alpha value is -0.0800. The van der Waals surface area contributed by atoms with Crippen LogP contribution < -0.4 is 5.73 Å². The van der Waals surface area contributed by atoms with Crippen LogP contribution in [0.5, 0.6) is 0 Å². The molecule has 0 heterocycles. The van der Waals surface area contributed by atoms with Crippen LogP contribution in [0.4, 0.5) is 0 Å². The average Bonchev–Trinajstić information content (AvgIpc) is 2.13. The number of nitrogens with two attached hydrogens (primary N) is 1. The largest absolute Gasteiger partial charge is 0.328 e. The summed E-state index contributed by atoms with van der Waals surface area (Å²) < 4.78 is 0. The van der Waals surface area contributed by atoms with Gasteiger partial charge in [-0.3, -0.25) is 0 Å². The minimum absolute atomic E-state index is 0.491. The number of hydrogen-bond donors (Lipinski definition) is 1. The van der Waals surface area contributed by atoms with Crippen LogP contribution in [0.15, 0.2) is 0 Å². The number of hydrogen-bond acceptors (Lipinski definition) is 2. The summed E-state index contributed by atoms with van der Waals surface area (Å²) in [4.78, 5) is 2.61. The van der Waals surface area contributed by atoms with Crippen LogP contribution in [0, 0.1) is 5.92 Å². The molecule has 0 radical (unpaired) electrons. The molecular weight excluding hydrogens is 172 g/mol. The van der Waals surface area contributed by atoms with Crippen molar-refractivity contribution in [2.75, 3.05) is 7.05 Å². The first-order valence-corrected chi connectivity index (χ1v) is 6.14. The lowest BCUT2D eigenvalue weighted by molar-refractivity contribution is 0.0681. The summed E-state index contributed by atoms with van der Waals surface area (Å²) in [5.41, 5.74) is 5.83. The molecule has 0 amide bonds. The fourth-order valence-electron chi connectivity index (χ4n) is 2.91. The van der Waals surface area contributed by atoms with Gasteiger partial charge in [-0.2, -0.15) is 0 Å². The second kappa shape index (κ2) is 4.19. The van der Waals surface area contributed by atoms with Crippen molar-refractivity contribution in [3.63, 3.8) is 0 Å². The Labute approximate surface area is 87.8 Å². The molecule has 0 aliphatic heterocycles. The molecule has 0 spiro atoms. The Morgan fingerprint density at radius 1 is 1.00 bits per heavy atom. The van der Waals surface area contributed by atoms with Crippen LogP contribution in [0.3, 0.4) is 0 Å². The highest BCUT2D eigenvalue weighted by Gasteiger charge is 2.33. The molecule has 2 aliphatic rings. The zero-order valence-corrected chi connectivity index (χ0v) is 9.58.